The van der Waals surface area contributed by atoms with Gasteiger partial charge in [-0.1, -0.05) is 12.1 Å². The Balaban J connectivity index is 2.24. The van der Waals surface area contributed by atoms with Gasteiger partial charge in [-0.2, -0.15) is 0 Å². The Labute approximate surface area is 112 Å². The summed E-state index contributed by atoms with van der Waals surface area (Å²) in [5.41, 5.74) is 7.11. The number of methoxy groups -OCH3 is 1. The third kappa shape index (κ3) is 2.71. The Hall–Kier alpha value is -1.62. The average Bonchev–Trinajstić information content (AvgIpc) is 2.80. The number of hydrogen-bond donors (Lipinski definition) is 1. The summed E-state index contributed by atoms with van der Waals surface area (Å²) in [6, 6.07) is 6.30. The van der Waals surface area contributed by atoms with Crippen LogP contribution in [-0.2, 0) is 4.74 Å². The second kappa shape index (κ2) is 5.57. The highest BCUT2D eigenvalue weighted by Crippen LogP contribution is 2.36. The first kappa shape index (κ1) is 13.8. The lowest BCUT2D eigenvalue weighted by Gasteiger charge is -2.30. The molecule has 0 saturated heterocycles. The fraction of sp³-hybridized carbons (Fsp3) is 0.500. The number of amides is 1. The fourth-order valence-corrected chi connectivity index (χ4v) is 2.88. The summed E-state index contributed by atoms with van der Waals surface area (Å²) in [6.07, 6.45) is 1.30. The van der Waals surface area contributed by atoms with Crippen LogP contribution in [0.4, 0.5) is 9.18 Å². The van der Waals surface area contributed by atoms with Crippen LogP contribution in [-0.4, -0.2) is 37.2 Å². The van der Waals surface area contributed by atoms with Crippen molar-refractivity contribution in [1.29, 1.82) is 0 Å². The first-order valence-corrected chi connectivity index (χ1v) is 6.36. The van der Waals surface area contributed by atoms with E-state index in [1.807, 2.05) is 0 Å². The summed E-state index contributed by atoms with van der Waals surface area (Å²) in [6.45, 7) is 0. The molecule has 0 heterocycles. The standard InChI is InChI=1S/C14H19FN2O2/c1-17(14(18)19-2)12-8-7-11(16)13(12)9-3-5-10(15)6-4-9/h3-6,11-13H,7-8,16H2,1-2H3/t11-,12-,13-/m0/s1. The third-order valence-electron chi connectivity index (χ3n) is 3.89. The number of carbonyl (C=O) groups is 1. The molecular formula is C14H19FN2O2. The molecule has 19 heavy (non-hydrogen) atoms. The van der Waals surface area contributed by atoms with Crippen molar-refractivity contribution in [3.05, 3.63) is 35.6 Å². The molecule has 0 aromatic heterocycles. The minimum atomic E-state index is -0.369. The molecule has 0 unspecified atom stereocenters. The summed E-state index contributed by atoms with van der Waals surface area (Å²) < 4.78 is 17.7. The molecule has 5 heteroatoms. The number of likely N-dealkylation sites (N-methyl/N-ethyl adjacent to an activating group) is 1. The maximum atomic E-state index is 13.0. The molecule has 4 nitrogen and oxygen atoms in total. The zero-order valence-electron chi connectivity index (χ0n) is 11.2. The second-order valence-electron chi connectivity index (χ2n) is 4.97. The van der Waals surface area contributed by atoms with Crippen molar-refractivity contribution in [2.45, 2.75) is 30.8 Å². The highest BCUT2D eigenvalue weighted by molar-refractivity contribution is 5.67. The summed E-state index contributed by atoms with van der Waals surface area (Å²) in [5.74, 6) is -0.252. The van der Waals surface area contributed by atoms with Gasteiger partial charge < -0.3 is 15.4 Å². The molecular weight excluding hydrogens is 247 g/mol. The van der Waals surface area contributed by atoms with E-state index in [1.54, 1.807) is 24.1 Å². The Morgan fingerprint density at radius 1 is 1.37 bits per heavy atom. The molecule has 3 atom stereocenters. The SMILES string of the molecule is COC(=O)N(C)[C@H]1CC[C@H](N)[C@@H]1c1ccc(F)cc1. The summed E-state index contributed by atoms with van der Waals surface area (Å²) in [5, 5.41) is 0. The van der Waals surface area contributed by atoms with Crippen LogP contribution in [0, 0.1) is 5.82 Å². The van der Waals surface area contributed by atoms with Gasteiger partial charge in [0.2, 0.25) is 0 Å². The topological polar surface area (TPSA) is 55.6 Å². The molecule has 0 aliphatic heterocycles. The largest absolute Gasteiger partial charge is 0.453 e. The molecule has 1 amide bonds. The smallest absolute Gasteiger partial charge is 0.409 e. The van der Waals surface area contributed by atoms with Gasteiger partial charge in [0.05, 0.1) is 7.11 Å². The molecule has 1 aromatic carbocycles. The van der Waals surface area contributed by atoms with E-state index in [9.17, 15) is 9.18 Å². The van der Waals surface area contributed by atoms with E-state index in [4.69, 9.17) is 10.5 Å². The van der Waals surface area contributed by atoms with Crippen molar-refractivity contribution in [2.24, 2.45) is 5.73 Å². The monoisotopic (exact) mass is 266 g/mol. The van der Waals surface area contributed by atoms with Gasteiger partial charge in [-0.3, -0.25) is 0 Å². The Morgan fingerprint density at radius 2 is 2.00 bits per heavy atom. The number of nitrogens with zero attached hydrogens (tertiary/aromatic N) is 1. The van der Waals surface area contributed by atoms with Gasteiger partial charge >= 0.3 is 6.09 Å². The molecule has 1 fully saturated rings. The molecule has 104 valence electrons. The van der Waals surface area contributed by atoms with E-state index in [1.165, 1.54) is 19.2 Å². The highest BCUT2D eigenvalue weighted by Gasteiger charge is 2.39. The van der Waals surface area contributed by atoms with E-state index in [-0.39, 0.29) is 29.9 Å². The Kier molecular flexibility index (Phi) is 4.04. The van der Waals surface area contributed by atoms with Crippen LogP contribution in [0.25, 0.3) is 0 Å². The van der Waals surface area contributed by atoms with Crippen LogP contribution in [0.15, 0.2) is 24.3 Å². The third-order valence-corrected chi connectivity index (χ3v) is 3.89. The van der Waals surface area contributed by atoms with Gasteiger partial charge in [0.1, 0.15) is 5.82 Å². The van der Waals surface area contributed by atoms with E-state index in [2.05, 4.69) is 0 Å². The molecule has 1 aromatic rings. The predicted molar refractivity (Wildman–Crippen MR) is 70.3 cm³/mol. The highest BCUT2D eigenvalue weighted by atomic mass is 19.1. The lowest BCUT2D eigenvalue weighted by molar-refractivity contribution is 0.114. The molecule has 0 bridgehead atoms. The zero-order chi connectivity index (χ0) is 14.0. The zero-order valence-corrected chi connectivity index (χ0v) is 11.2. The maximum absolute atomic E-state index is 13.0. The van der Waals surface area contributed by atoms with Crippen molar-refractivity contribution < 1.29 is 13.9 Å². The first-order valence-electron chi connectivity index (χ1n) is 6.36. The van der Waals surface area contributed by atoms with Crippen LogP contribution in [0.5, 0.6) is 0 Å². The second-order valence-corrected chi connectivity index (χ2v) is 4.97. The van der Waals surface area contributed by atoms with Gasteiger partial charge in [-0.05, 0) is 30.5 Å². The molecule has 1 aliphatic carbocycles. The van der Waals surface area contributed by atoms with Crippen molar-refractivity contribution in [2.75, 3.05) is 14.2 Å². The molecule has 2 N–H and O–H groups in total. The molecule has 1 aliphatic rings. The summed E-state index contributed by atoms with van der Waals surface area (Å²) in [7, 11) is 3.08. The van der Waals surface area contributed by atoms with Gasteiger partial charge in [0.15, 0.2) is 0 Å². The average molecular weight is 266 g/mol. The molecule has 1 saturated carbocycles. The number of halogens is 1. The van der Waals surface area contributed by atoms with Gasteiger partial charge in [-0.25, -0.2) is 9.18 Å². The maximum Gasteiger partial charge on any atom is 0.409 e. The molecule has 0 radical (unpaired) electrons. The van der Waals surface area contributed by atoms with Gasteiger partial charge in [0.25, 0.3) is 0 Å². The minimum Gasteiger partial charge on any atom is -0.453 e. The van der Waals surface area contributed by atoms with Crippen LogP contribution >= 0.6 is 0 Å². The minimum absolute atomic E-state index is 0.00656. The number of rotatable bonds is 2. The van der Waals surface area contributed by atoms with Crippen molar-refractivity contribution in [3.8, 4) is 0 Å². The van der Waals surface area contributed by atoms with E-state index >= 15 is 0 Å². The first-order chi connectivity index (χ1) is 9.04. The summed E-state index contributed by atoms with van der Waals surface area (Å²) in [4.78, 5) is 13.2. The van der Waals surface area contributed by atoms with E-state index in [0.29, 0.717) is 0 Å². The fourth-order valence-electron chi connectivity index (χ4n) is 2.88. The van der Waals surface area contributed by atoms with Crippen molar-refractivity contribution >= 4 is 6.09 Å². The number of nitrogens with two attached hydrogens (primary N) is 1. The van der Waals surface area contributed by atoms with E-state index < -0.39 is 0 Å². The number of benzene rings is 1. The van der Waals surface area contributed by atoms with Crippen molar-refractivity contribution in [1.82, 2.24) is 4.90 Å². The predicted octanol–water partition coefficient (Wildman–Crippen LogP) is 2.10. The van der Waals surface area contributed by atoms with Crippen molar-refractivity contribution in [3.63, 3.8) is 0 Å². The number of ether oxygens (including phenoxy) is 1. The normalized spacial score (nSPS) is 26.2. The van der Waals surface area contributed by atoms with Gasteiger partial charge in [-0.15, -0.1) is 0 Å². The van der Waals surface area contributed by atoms with Crippen LogP contribution in [0.1, 0.15) is 24.3 Å². The van der Waals surface area contributed by atoms with Crippen LogP contribution in [0.2, 0.25) is 0 Å². The molecule has 0 spiro atoms. The number of carbonyl (C=O) groups excluding carboxylic acids is 1. The summed E-state index contributed by atoms with van der Waals surface area (Å²) >= 11 is 0. The lowest BCUT2D eigenvalue weighted by atomic mass is 9.91. The Morgan fingerprint density at radius 3 is 2.58 bits per heavy atom. The quantitative estimate of drug-likeness (QED) is 0.891. The lowest BCUT2D eigenvalue weighted by Crippen LogP contribution is -2.41. The van der Waals surface area contributed by atoms with E-state index in [0.717, 1.165) is 18.4 Å². The number of hydrogen-bond acceptors (Lipinski definition) is 3. The van der Waals surface area contributed by atoms with Crippen LogP contribution < -0.4 is 5.73 Å². The van der Waals surface area contributed by atoms with Gasteiger partial charge in [0, 0.05) is 25.0 Å². The molecule has 2 rings (SSSR count). The Bertz CT molecular complexity index is 449. The van der Waals surface area contributed by atoms with Crippen LogP contribution in [0.3, 0.4) is 0 Å².